The summed E-state index contributed by atoms with van der Waals surface area (Å²) in [5.74, 6) is -0.122. The van der Waals surface area contributed by atoms with Gasteiger partial charge in [-0.05, 0) is 6.07 Å². The SMILES string of the molecule is COCCNC(=O)CN(C)c1c(Cl)cccc1CO. The lowest BCUT2D eigenvalue weighted by atomic mass is 10.1. The Labute approximate surface area is 118 Å². The van der Waals surface area contributed by atoms with Crippen molar-refractivity contribution in [3.63, 3.8) is 0 Å². The number of halogens is 1. The van der Waals surface area contributed by atoms with Crippen LogP contribution in [0.2, 0.25) is 5.02 Å². The molecule has 6 heteroatoms. The molecule has 1 aromatic rings. The van der Waals surface area contributed by atoms with Crippen molar-refractivity contribution in [1.29, 1.82) is 0 Å². The largest absolute Gasteiger partial charge is 0.392 e. The van der Waals surface area contributed by atoms with Crippen molar-refractivity contribution in [2.24, 2.45) is 0 Å². The van der Waals surface area contributed by atoms with Gasteiger partial charge in [0.1, 0.15) is 0 Å². The van der Waals surface area contributed by atoms with Crippen LogP contribution in [0.4, 0.5) is 5.69 Å². The van der Waals surface area contributed by atoms with E-state index in [0.29, 0.717) is 29.4 Å². The molecule has 0 unspecified atom stereocenters. The van der Waals surface area contributed by atoms with Crippen molar-refractivity contribution in [2.75, 3.05) is 38.8 Å². The smallest absolute Gasteiger partial charge is 0.239 e. The number of hydrogen-bond donors (Lipinski definition) is 2. The Balaban J connectivity index is 2.67. The standard InChI is InChI=1S/C13H19ClN2O3/c1-16(8-12(18)15-6-7-19-2)13-10(9-17)4-3-5-11(13)14/h3-5,17H,6-9H2,1-2H3,(H,15,18). The fourth-order valence-electron chi connectivity index (χ4n) is 1.76. The maximum absolute atomic E-state index is 11.7. The Morgan fingerprint density at radius 3 is 2.89 bits per heavy atom. The Kier molecular flexibility index (Phi) is 6.62. The first kappa shape index (κ1) is 15.8. The van der Waals surface area contributed by atoms with Crippen LogP contribution in [0.5, 0.6) is 0 Å². The molecular formula is C13H19ClN2O3. The number of likely N-dealkylation sites (N-methyl/N-ethyl adjacent to an activating group) is 1. The average molecular weight is 287 g/mol. The van der Waals surface area contributed by atoms with Gasteiger partial charge in [-0.15, -0.1) is 0 Å². The number of carbonyl (C=O) groups excluding carboxylic acids is 1. The number of amides is 1. The first-order valence-electron chi connectivity index (χ1n) is 5.95. The van der Waals surface area contributed by atoms with E-state index in [-0.39, 0.29) is 19.1 Å². The molecule has 0 aliphatic rings. The Hall–Kier alpha value is -1.30. The van der Waals surface area contributed by atoms with E-state index in [1.807, 2.05) is 0 Å². The molecule has 5 nitrogen and oxygen atoms in total. The molecule has 0 saturated heterocycles. The van der Waals surface area contributed by atoms with Crippen LogP contribution in [0.25, 0.3) is 0 Å². The molecule has 0 saturated carbocycles. The molecule has 1 rings (SSSR count). The second kappa shape index (κ2) is 7.99. The van der Waals surface area contributed by atoms with Crippen LogP contribution in [-0.2, 0) is 16.1 Å². The second-order valence-corrected chi connectivity index (χ2v) is 4.51. The molecule has 0 bridgehead atoms. The second-order valence-electron chi connectivity index (χ2n) is 4.10. The number of nitrogens with one attached hydrogen (secondary N) is 1. The van der Waals surface area contributed by atoms with Gasteiger partial charge < -0.3 is 20.1 Å². The van der Waals surface area contributed by atoms with E-state index in [1.165, 1.54) is 0 Å². The summed E-state index contributed by atoms with van der Waals surface area (Å²) in [5, 5.41) is 12.5. The van der Waals surface area contributed by atoms with E-state index in [9.17, 15) is 9.90 Å². The minimum atomic E-state index is -0.122. The van der Waals surface area contributed by atoms with Gasteiger partial charge in [0.15, 0.2) is 0 Å². The number of nitrogens with zero attached hydrogens (tertiary/aromatic N) is 1. The first-order chi connectivity index (χ1) is 9.10. The van der Waals surface area contributed by atoms with Crippen LogP contribution in [0, 0.1) is 0 Å². The summed E-state index contributed by atoms with van der Waals surface area (Å²) >= 11 is 6.11. The predicted octanol–water partition coefficient (Wildman–Crippen LogP) is 1.03. The van der Waals surface area contributed by atoms with Crippen LogP contribution in [0.1, 0.15) is 5.56 Å². The molecule has 0 aliphatic heterocycles. The Morgan fingerprint density at radius 1 is 1.53 bits per heavy atom. The van der Waals surface area contributed by atoms with Crippen LogP contribution in [0.15, 0.2) is 18.2 Å². The highest BCUT2D eigenvalue weighted by molar-refractivity contribution is 6.33. The molecule has 0 aliphatic carbocycles. The summed E-state index contributed by atoms with van der Waals surface area (Å²) in [6, 6.07) is 5.28. The fraction of sp³-hybridized carbons (Fsp3) is 0.462. The summed E-state index contributed by atoms with van der Waals surface area (Å²) < 4.78 is 4.85. The molecule has 1 aromatic carbocycles. The molecule has 0 aromatic heterocycles. The molecule has 106 valence electrons. The predicted molar refractivity (Wildman–Crippen MR) is 75.5 cm³/mol. The summed E-state index contributed by atoms with van der Waals surface area (Å²) in [7, 11) is 3.34. The minimum Gasteiger partial charge on any atom is -0.392 e. The van der Waals surface area contributed by atoms with Gasteiger partial charge in [0, 0.05) is 26.3 Å². The van der Waals surface area contributed by atoms with E-state index >= 15 is 0 Å². The number of hydrogen-bond acceptors (Lipinski definition) is 4. The van der Waals surface area contributed by atoms with Crippen molar-refractivity contribution in [3.8, 4) is 0 Å². The van der Waals surface area contributed by atoms with Crippen molar-refractivity contribution in [3.05, 3.63) is 28.8 Å². The topological polar surface area (TPSA) is 61.8 Å². The van der Waals surface area contributed by atoms with E-state index in [0.717, 1.165) is 0 Å². The van der Waals surface area contributed by atoms with Crippen molar-refractivity contribution in [2.45, 2.75) is 6.61 Å². The molecule has 1 amide bonds. The number of aliphatic hydroxyl groups is 1. The van der Waals surface area contributed by atoms with Gasteiger partial charge >= 0.3 is 0 Å². The first-order valence-corrected chi connectivity index (χ1v) is 6.33. The highest BCUT2D eigenvalue weighted by atomic mass is 35.5. The highest BCUT2D eigenvalue weighted by Gasteiger charge is 2.13. The van der Waals surface area contributed by atoms with Crippen LogP contribution >= 0.6 is 11.6 Å². The van der Waals surface area contributed by atoms with Gasteiger partial charge in [0.05, 0.1) is 30.5 Å². The monoisotopic (exact) mass is 286 g/mol. The summed E-state index contributed by atoms with van der Waals surface area (Å²) in [6.45, 7) is 0.994. The van der Waals surface area contributed by atoms with Gasteiger partial charge in [-0.1, -0.05) is 23.7 Å². The third kappa shape index (κ3) is 4.70. The van der Waals surface area contributed by atoms with E-state index in [2.05, 4.69) is 5.32 Å². The fourth-order valence-corrected chi connectivity index (χ4v) is 2.10. The van der Waals surface area contributed by atoms with Crippen LogP contribution in [0.3, 0.4) is 0 Å². The van der Waals surface area contributed by atoms with E-state index < -0.39 is 0 Å². The molecule has 19 heavy (non-hydrogen) atoms. The lowest BCUT2D eigenvalue weighted by Gasteiger charge is -2.22. The zero-order valence-corrected chi connectivity index (χ0v) is 11.9. The Morgan fingerprint density at radius 2 is 2.26 bits per heavy atom. The number of para-hydroxylation sites is 1. The number of aliphatic hydroxyl groups excluding tert-OH is 1. The lowest BCUT2D eigenvalue weighted by molar-refractivity contribution is -0.119. The molecule has 0 fully saturated rings. The lowest BCUT2D eigenvalue weighted by Crippen LogP contribution is -2.37. The molecule has 0 radical (unpaired) electrons. The number of benzene rings is 1. The maximum atomic E-state index is 11.7. The summed E-state index contributed by atoms with van der Waals surface area (Å²) in [5.41, 5.74) is 1.37. The van der Waals surface area contributed by atoms with Gasteiger partial charge in [-0.3, -0.25) is 4.79 Å². The van der Waals surface area contributed by atoms with Gasteiger partial charge in [0.25, 0.3) is 0 Å². The molecule has 0 spiro atoms. The van der Waals surface area contributed by atoms with Gasteiger partial charge in [-0.2, -0.15) is 0 Å². The summed E-state index contributed by atoms with van der Waals surface area (Å²) in [6.07, 6.45) is 0. The van der Waals surface area contributed by atoms with Crippen LogP contribution < -0.4 is 10.2 Å². The molecule has 2 N–H and O–H groups in total. The van der Waals surface area contributed by atoms with Crippen molar-refractivity contribution < 1.29 is 14.6 Å². The summed E-state index contributed by atoms with van der Waals surface area (Å²) in [4.78, 5) is 13.4. The third-order valence-corrected chi connectivity index (χ3v) is 2.94. The zero-order valence-electron chi connectivity index (χ0n) is 11.1. The normalized spacial score (nSPS) is 10.3. The number of ether oxygens (including phenoxy) is 1. The minimum absolute atomic E-state index is 0.120. The van der Waals surface area contributed by atoms with Gasteiger partial charge in [0.2, 0.25) is 5.91 Å². The molecular weight excluding hydrogens is 268 g/mol. The molecule has 0 atom stereocenters. The number of anilines is 1. The van der Waals surface area contributed by atoms with E-state index in [1.54, 1.807) is 37.3 Å². The maximum Gasteiger partial charge on any atom is 0.239 e. The quantitative estimate of drug-likeness (QED) is 0.735. The number of carbonyl (C=O) groups is 1. The molecule has 0 heterocycles. The highest BCUT2D eigenvalue weighted by Crippen LogP contribution is 2.28. The number of rotatable bonds is 7. The van der Waals surface area contributed by atoms with Crippen molar-refractivity contribution >= 4 is 23.2 Å². The van der Waals surface area contributed by atoms with Gasteiger partial charge in [-0.25, -0.2) is 0 Å². The van der Waals surface area contributed by atoms with Crippen LogP contribution in [-0.4, -0.2) is 44.9 Å². The van der Waals surface area contributed by atoms with E-state index in [4.69, 9.17) is 16.3 Å². The average Bonchev–Trinajstić information content (AvgIpc) is 2.38. The Bertz CT molecular complexity index is 426. The third-order valence-electron chi connectivity index (χ3n) is 2.63. The number of methoxy groups -OCH3 is 1. The van der Waals surface area contributed by atoms with Crippen molar-refractivity contribution in [1.82, 2.24) is 5.32 Å². The zero-order chi connectivity index (χ0) is 14.3.